The van der Waals surface area contributed by atoms with Crippen LogP contribution in [0.15, 0.2) is 36.4 Å². The summed E-state index contributed by atoms with van der Waals surface area (Å²) < 4.78 is 8.33. The normalized spacial score (nSPS) is 12.0. The van der Waals surface area contributed by atoms with Gasteiger partial charge in [-0.05, 0) is 69.5 Å². The predicted octanol–water partition coefficient (Wildman–Crippen LogP) is 4.96. The van der Waals surface area contributed by atoms with E-state index in [0.717, 1.165) is 28.4 Å². The standard InChI is InChI=1S/C21H19N3OS.C3H7NO2S/c1-13(2)25-19-10-9-15(11-16(19)12-22)20-23-24-21(26-20)18-8-4-6-14-5-3-7-17(14)18;1-4-7-2-3(5)6/h4,6,8-11,13H,3,5,7H2,1-2H3;4H,2H2,1H3,(H,5,6). The number of nitrogens with zero attached hydrogens (tertiary/aromatic N) is 3. The van der Waals surface area contributed by atoms with E-state index < -0.39 is 5.97 Å². The third-order valence-electron chi connectivity index (χ3n) is 4.85. The molecule has 0 spiro atoms. The minimum absolute atomic E-state index is 0.0289. The lowest BCUT2D eigenvalue weighted by Gasteiger charge is -2.11. The third-order valence-corrected chi connectivity index (χ3v) is 6.54. The Morgan fingerprint density at radius 1 is 1.27 bits per heavy atom. The molecule has 2 aromatic carbocycles. The number of carboxylic acids is 1. The molecule has 3 aromatic rings. The molecule has 1 heterocycles. The molecule has 1 aliphatic carbocycles. The van der Waals surface area contributed by atoms with E-state index in [2.05, 4.69) is 39.2 Å². The molecule has 0 amide bonds. The number of aliphatic carboxylic acids is 1. The molecule has 9 heteroatoms. The number of rotatable bonds is 7. The third kappa shape index (κ3) is 6.54. The Labute approximate surface area is 202 Å². The van der Waals surface area contributed by atoms with Crippen LogP contribution in [0.1, 0.15) is 37.0 Å². The van der Waals surface area contributed by atoms with Crippen molar-refractivity contribution in [1.82, 2.24) is 14.9 Å². The van der Waals surface area contributed by atoms with Crippen molar-refractivity contribution in [3.8, 4) is 33.0 Å². The van der Waals surface area contributed by atoms with E-state index in [0.29, 0.717) is 11.3 Å². The summed E-state index contributed by atoms with van der Waals surface area (Å²) in [5, 5.41) is 28.0. The number of hydrogen-bond donors (Lipinski definition) is 2. The number of aromatic nitrogens is 2. The zero-order valence-corrected chi connectivity index (χ0v) is 20.4. The van der Waals surface area contributed by atoms with Gasteiger partial charge in [0.1, 0.15) is 27.6 Å². The van der Waals surface area contributed by atoms with Crippen molar-refractivity contribution in [3.63, 3.8) is 0 Å². The van der Waals surface area contributed by atoms with Crippen LogP contribution < -0.4 is 9.46 Å². The van der Waals surface area contributed by atoms with Gasteiger partial charge in [-0.3, -0.25) is 9.52 Å². The number of carbonyl (C=O) groups is 1. The Balaban J connectivity index is 0.000000383. The lowest BCUT2D eigenvalue weighted by atomic mass is 10.0. The Bertz CT molecular complexity index is 1150. The molecule has 1 aromatic heterocycles. The van der Waals surface area contributed by atoms with Gasteiger partial charge in [0, 0.05) is 11.1 Å². The molecule has 4 rings (SSSR count). The second-order valence-electron chi connectivity index (χ2n) is 7.59. The molecule has 0 saturated heterocycles. The smallest absolute Gasteiger partial charge is 0.314 e. The summed E-state index contributed by atoms with van der Waals surface area (Å²) in [6.45, 7) is 3.90. The molecule has 0 bridgehead atoms. The molecule has 0 saturated carbocycles. The summed E-state index contributed by atoms with van der Waals surface area (Å²) in [5.74, 6) is -0.0625. The van der Waals surface area contributed by atoms with E-state index in [-0.39, 0.29) is 11.9 Å². The second-order valence-corrected chi connectivity index (χ2v) is 9.55. The Hall–Kier alpha value is -2.93. The van der Waals surface area contributed by atoms with Gasteiger partial charge >= 0.3 is 5.97 Å². The Kier molecular flexibility index (Phi) is 8.83. The summed E-state index contributed by atoms with van der Waals surface area (Å²) >= 11 is 2.74. The molecule has 7 nitrogen and oxygen atoms in total. The molecular formula is C24H26N4O3S2. The van der Waals surface area contributed by atoms with Crippen molar-refractivity contribution in [2.75, 3.05) is 12.8 Å². The van der Waals surface area contributed by atoms with E-state index in [1.807, 2.05) is 32.0 Å². The maximum atomic E-state index is 9.70. The van der Waals surface area contributed by atoms with Crippen LogP contribution in [0.2, 0.25) is 0 Å². The highest BCUT2D eigenvalue weighted by molar-refractivity contribution is 7.98. The quantitative estimate of drug-likeness (QED) is 0.455. The SMILES string of the molecule is CC(C)Oc1ccc(-c2nnc(-c3cccc4c3CCC4)s2)cc1C#N.CNSCC(=O)O. The highest BCUT2D eigenvalue weighted by Crippen LogP contribution is 2.37. The first-order valence-corrected chi connectivity index (χ1v) is 12.4. The van der Waals surface area contributed by atoms with Crippen molar-refractivity contribution < 1.29 is 14.6 Å². The zero-order valence-electron chi connectivity index (χ0n) is 18.8. The summed E-state index contributed by atoms with van der Waals surface area (Å²) in [6, 6.07) is 14.3. The Morgan fingerprint density at radius 2 is 2.06 bits per heavy atom. The van der Waals surface area contributed by atoms with Gasteiger partial charge in [-0.2, -0.15) is 5.26 Å². The number of aryl methyl sites for hydroxylation is 1. The summed E-state index contributed by atoms with van der Waals surface area (Å²) in [6.07, 6.45) is 3.50. The molecule has 0 radical (unpaired) electrons. The van der Waals surface area contributed by atoms with Crippen LogP contribution in [0, 0.1) is 11.3 Å². The molecular weight excluding hydrogens is 456 g/mol. The number of carboxylic acid groups (broad SMARTS) is 1. The van der Waals surface area contributed by atoms with Crippen molar-refractivity contribution in [2.45, 2.75) is 39.2 Å². The van der Waals surface area contributed by atoms with Crippen LogP contribution in [0.5, 0.6) is 5.75 Å². The average molecular weight is 483 g/mol. The average Bonchev–Trinajstić information content (AvgIpc) is 3.47. The second kappa shape index (κ2) is 11.8. The highest BCUT2D eigenvalue weighted by atomic mass is 32.2. The summed E-state index contributed by atoms with van der Waals surface area (Å²) in [5.41, 5.74) is 5.46. The number of nitriles is 1. The number of fused-ring (bicyclic) bond motifs is 1. The van der Waals surface area contributed by atoms with Gasteiger partial charge in [0.2, 0.25) is 0 Å². The lowest BCUT2D eigenvalue weighted by molar-refractivity contribution is -0.133. The minimum Gasteiger partial charge on any atom is -0.490 e. The van der Waals surface area contributed by atoms with Crippen LogP contribution >= 0.6 is 23.3 Å². The van der Waals surface area contributed by atoms with Gasteiger partial charge in [0.05, 0.1) is 11.7 Å². The summed E-state index contributed by atoms with van der Waals surface area (Å²) in [7, 11) is 1.69. The Morgan fingerprint density at radius 3 is 2.73 bits per heavy atom. The van der Waals surface area contributed by atoms with E-state index >= 15 is 0 Å². The van der Waals surface area contributed by atoms with Crippen LogP contribution in [0.25, 0.3) is 21.1 Å². The molecule has 0 aliphatic heterocycles. The van der Waals surface area contributed by atoms with Crippen molar-refractivity contribution in [1.29, 1.82) is 5.26 Å². The van der Waals surface area contributed by atoms with Crippen LogP contribution in [-0.2, 0) is 17.6 Å². The molecule has 2 N–H and O–H groups in total. The van der Waals surface area contributed by atoms with Crippen molar-refractivity contribution in [2.24, 2.45) is 0 Å². The van der Waals surface area contributed by atoms with Crippen LogP contribution in [-0.4, -0.2) is 40.2 Å². The largest absolute Gasteiger partial charge is 0.490 e. The van der Waals surface area contributed by atoms with Gasteiger partial charge in [-0.15, -0.1) is 10.2 Å². The van der Waals surface area contributed by atoms with E-state index in [9.17, 15) is 10.1 Å². The highest BCUT2D eigenvalue weighted by Gasteiger charge is 2.19. The summed E-state index contributed by atoms with van der Waals surface area (Å²) in [4.78, 5) is 9.70. The maximum absolute atomic E-state index is 9.70. The maximum Gasteiger partial charge on any atom is 0.314 e. The monoisotopic (exact) mass is 482 g/mol. The molecule has 0 unspecified atom stereocenters. The predicted molar refractivity (Wildman–Crippen MR) is 132 cm³/mol. The fraction of sp³-hybridized carbons (Fsp3) is 0.333. The molecule has 1 aliphatic rings. The van der Waals surface area contributed by atoms with Crippen molar-refractivity contribution in [3.05, 3.63) is 53.1 Å². The van der Waals surface area contributed by atoms with Gasteiger partial charge in [-0.1, -0.05) is 41.5 Å². The first-order chi connectivity index (χ1) is 15.9. The van der Waals surface area contributed by atoms with E-state index in [1.165, 1.54) is 35.1 Å². The van der Waals surface area contributed by atoms with Gasteiger partial charge in [-0.25, -0.2) is 0 Å². The van der Waals surface area contributed by atoms with Gasteiger partial charge in [0.25, 0.3) is 0 Å². The van der Waals surface area contributed by atoms with Gasteiger partial charge in [0.15, 0.2) is 0 Å². The zero-order chi connectivity index (χ0) is 23.8. The van der Waals surface area contributed by atoms with Crippen LogP contribution in [0.4, 0.5) is 0 Å². The number of hydrogen-bond acceptors (Lipinski definition) is 8. The lowest BCUT2D eigenvalue weighted by Crippen LogP contribution is -2.06. The number of nitrogens with one attached hydrogen (secondary N) is 1. The molecule has 33 heavy (non-hydrogen) atoms. The molecule has 0 atom stereocenters. The van der Waals surface area contributed by atoms with Crippen LogP contribution in [0.3, 0.4) is 0 Å². The van der Waals surface area contributed by atoms with E-state index in [4.69, 9.17) is 9.84 Å². The van der Waals surface area contributed by atoms with Gasteiger partial charge < -0.3 is 9.84 Å². The minimum atomic E-state index is -0.792. The first-order valence-electron chi connectivity index (χ1n) is 10.6. The first kappa shape index (κ1) is 24.7. The fourth-order valence-electron chi connectivity index (χ4n) is 3.51. The topological polar surface area (TPSA) is 108 Å². The number of ether oxygens (including phenoxy) is 1. The fourth-order valence-corrected chi connectivity index (χ4v) is 4.67. The molecule has 172 valence electrons. The number of benzene rings is 2. The van der Waals surface area contributed by atoms with E-state index in [1.54, 1.807) is 18.4 Å². The molecule has 0 fully saturated rings. The van der Waals surface area contributed by atoms with Crippen molar-refractivity contribution >= 4 is 29.3 Å².